The fraction of sp³-hybridized carbons (Fsp3) is 0.429. The first kappa shape index (κ1) is 14.6. The number of hydrogen-bond acceptors (Lipinski definition) is 5. The lowest BCUT2D eigenvalue weighted by molar-refractivity contribution is 0.240. The Labute approximate surface area is 118 Å². The number of rotatable bonds is 8. The van der Waals surface area contributed by atoms with E-state index in [1.54, 1.807) is 10.9 Å². The highest BCUT2D eigenvalue weighted by Crippen LogP contribution is 2.03. The second-order valence-electron chi connectivity index (χ2n) is 4.65. The summed E-state index contributed by atoms with van der Waals surface area (Å²) in [6, 6.07) is 10.0. The summed E-state index contributed by atoms with van der Waals surface area (Å²) < 4.78 is 1.60. The van der Waals surface area contributed by atoms with Crippen LogP contribution in [0, 0.1) is 0 Å². The van der Waals surface area contributed by atoms with E-state index in [1.807, 2.05) is 30.3 Å². The van der Waals surface area contributed by atoms with Gasteiger partial charge in [0.05, 0.1) is 25.5 Å². The number of benzene rings is 1. The number of hydrogen-bond donors (Lipinski definition) is 3. The maximum atomic E-state index is 9.42. The molecule has 0 unspecified atom stereocenters. The van der Waals surface area contributed by atoms with Crippen LogP contribution in [0.5, 0.6) is 0 Å². The third kappa shape index (κ3) is 4.41. The predicted molar refractivity (Wildman–Crippen MR) is 75.0 cm³/mol. The minimum Gasteiger partial charge on any atom is -0.395 e. The number of nitrogens with one attached hydrogen (secondary N) is 1. The summed E-state index contributed by atoms with van der Waals surface area (Å²) in [4.78, 5) is 0. The Hall–Kier alpha value is -1.76. The first-order valence-corrected chi connectivity index (χ1v) is 6.70. The number of aromatic nitrogens is 3. The van der Waals surface area contributed by atoms with Gasteiger partial charge in [0.2, 0.25) is 0 Å². The lowest BCUT2D eigenvalue weighted by atomic mass is 10.1. The van der Waals surface area contributed by atoms with Gasteiger partial charge in [-0.25, -0.2) is 4.68 Å². The molecule has 108 valence electrons. The van der Waals surface area contributed by atoms with E-state index in [9.17, 15) is 5.11 Å². The quantitative estimate of drug-likeness (QED) is 0.630. The highest BCUT2D eigenvalue weighted by Gasteiger charge is 2.09. The summed E-state index contributed by atoms with van der Waals surface area (Å²) in [5.74, 6) is 0. The lowest BCUT2D eigenvalue weighted by Crippen LogP contribution is -2.34. The first-order chi connectivity index (χ1) is 9.81. The van der Waals surface area contributed by atoms with Crippen LogP contribution in [0.1, 0.15) is 11.3 Å². The second kappa shape index (κ2) is 7.74. The largest absolute Gasteiger partial charge is 0.395 e. The predicted octanol–water partition coefficient (Wildman–Crippen LogP) is -0.0364. The van der Waals surface area contributed by atoms with Gasteiger partial charge in [-0.2, -0.15) is 0 Å². The molecule has 1 aromatic heterocycles. The Morgan fingerprint density at radius 3 is 2.70 bits per heavy atom. The van der Waals surface area contributed by atoms with Crippen molar-refractivity contribution in [1.82, 2.24) is 20.3 Å². The Morgan fingerprint density at radius 2 is 2.00 bits per heavy atom. The fourth-order valence-corrected chi connectivity index (χ4v) is 1.98. The van der Waals surface area contributed by atoms with Crippen LogP contribution in [-0.2, 0) is 19.5 Å². The average molecular weight is 276 g/mol. The zero-order valence-corrected chi connectivity index (χ0v) is 11.3. The van der Waals surface area contributed by atoms with E-state index < -0.39 is 0 Å². The van der Waals surface area contributed by atoms with Gasteiger partial charge in [-0.1, -0.05) is 35.5 Å². The van der Waals surface area contributed by atoms with Gasteiger partial charge in [0.25, 0.3) is 0 Å². The molecule has 1 heterocycles. The summed E-state index contributed by atoms with van der Waals surface area (Å²) in [5, 5.41) is 29.4. The van der Waals surface area contributed by atoms with Crippen LogP contribution in [0.4, 0.5) is 0 Å². The highest BCUT2D eigenvalue weighted by atomic mass is 16.3. The Bertz CT molecular complexity index is 501. The summed E-state index contributed by atoms with van der Waals surface area (Å²) in [6.07, 6.45) is 2.56. The van der Waals surface area contributed by atoms with Crippen molar-refractivity contribution in [1.29, 1.82) is 0 Å². The highest BCUT2D eigenvalue weighted by molar-refractivity contribution is 5.15. The monoisotopic (exact) mass is 276 g/mol. The van der Waals surface area contributed by atoms with Crippen LogP contribution in [0.3, 0.4) is 0 Å². The van der Waals surface area contributed by atoms with Crippen LogP contribution >= 0.6 is 0 Å². The molecule has 1 aromatic carbocycles. The van der Waals surface area contributed by atoms with Gasteiger partial charge in [-0.15, -0.1) is 5.10 Å². The zero-order chi connectivity index (χ0) is 14.2. The van der Waals surface area contributed by atoms with Gasteiger partial charge >= 0.3 is 0 Å². The molecule has 20 heavy (non-hydrogen) atoms. The van der Waals surface area contributed by atoms with E-state index in [4.69, 9.17) is 5.11 Å². The maximum Gasteiger partial charge on any atom is 0.0964 e. The maximum absolute atomic E-state index is 9.42. The fourth-order valence-electron chi connectivity index (χ4n) is 1.98. The van der Waals surface area contributed by atoms with Crippen molar-refractivity contribution in [2.24, 2.45) is 0 Å². The van der Waals surface area contributed by atoms with Crippen molar-refractivity contribution in [2.75, 3.05) is 13.2 Å². The molecule has 0 bridgehead atoms. The normalized spacial score (nSPS) is 12.5. The van der Waals surface area contributed by atoms with Crippen molar-refractivity contribution in [3.63, 3.8) is 0 Å². The molecule has 3 N–H and O–H groups in total. The van der Waals surface area contributed by atoms with Gasteiger partial charge in [0.1, 0.15) is 0 Å². The molecular formula is C14H20N4O2. The van der Waals surface area contributed by atoms with Crippen molar-refractivity contribution in [3.05, 3.63) is 47.8 Å². The molecule has 0 saturated heterocycles. The smallest absolute Gasteiger partial charge is 0.0964 e. The summed E-state index contributed by atoms with van der Waals surface area (Å²) in [6.45, 7) is 1.10. The molecule has 2 rings (SSSR count). The van der Waals surface area contributed by atoms with Gasteiger partial charge in [0.15, 0.2) is 0 Å². The van der Waals surface area contributed by atoms with Crippen LogP contribution in [-0.4, -0.2) is 44.5 Å². The Kier molecular flexibility index (Phi) is 5.67. The molecular weight excluding hydrogens is 256 g/mol. The lowest BCUT2D eigenvalue weighted by Gasteiger charge is -2.15. The van der Waals surface area contributed by atoms with E-state index in [0.29, 0.717) is 13.1 Å². The van der Waals surface area contributed by atoms with E-state index in [-0.39, 0.29) is 19.3 Å². The van der Waals surface area contributed by atoms with E-state index in [1.165, 1.54) is 5.56 Å². The number of nitrogens with zero attached hydrogens (tertiary/aromatic N) is 3. The second-order valence-corrected chi connectivity index (χ2v) is 4.65. The van der Waals surface area contributed by atoms with Crippen LogP contribution in [0.15, 0.2) is 36.5 Å². The molecule has 0 amide bonds. The van der Waals surface area contributed by atoms with Gasteiger partial charge in [-0.3, -0.25) is 0 Å². The number of aliphatic hydroxyl groups excluding tert-OH is 2. The average Bonchev–Trinajstić information content (AvgIpc) is 2.92. The van der Waals surface area contributed by atoms with Crippen molar-refractivity contribution in [2.45, 2.75) is 25.6 Å². The summed E-state index contributed by atoms with van der Waals surface area (Å²) in [5.41, 5.74) is 1.98. The molecule has 1 atom stereocenters. The van der Waals surface area contributed by atoms with Crippen LogP contribution in [0.25, 0.3) is 0 Å². The molecule has 2 aromatic rings. The van der Waals surface area contributed by atoms with E-state index >= 15 is 0 Å². The topological polar surface area (TPSA) is 83.2 Å². The molecule has 0 saturated carbocycles. The molecule has 6 heteroatoms. The SMILES string of the molecule is OCCn1cc(CN[C@@H](CO)Cc2ccccc2)nn1. The van der Waals surface area contributed by atoms with Gasteiger partial charge in [-0.05, 0) is 12.0 Å². The minimum atomic E-state index is -0.0135. The minimum absolute atomic E-state index is 0.0135. The van der Waals surface area contributed by atoms with Crippen molar-refractivity contribution < 1.29 is 10.2 Å². The standard InChI is InChI=1S/C14H20N4O2/c19-7-6-18-10-14(16-17-18)9-15-13(11-20)8-12-4-2-1-3-5-12/h1-5,10,13,15,19-20H,6-9,11H2/t13-/m1/s1. The van der Waals surface area contributed by atoms with Crippen LogP contribution in [0.2, 0.25) is 0 Å². The summed E-state index contributed by atoms with van der Waals surface area (Å²) in [7, 11) is 0. The molecule has 6 nitrogen and oxygen atoms in total. The molecule has 0 aliphatic carbocycles. The Morgan fingerprint density at radius 1 is 1.20 bits per heavy atom. The molecule has 0 radical (unpaired) electrons. The first-order valence-electron chi connectivity index (χ1n) is 6.70. The summed E-state index contributed by atoms with van der Waals surface area (Å²) >= 11 is 0. The van der Waals surface area contributed by atoms with Crippen molar-refractivity contribution >= 4 is 0 Å². The van der Waals surface area contributed by atoms with Crippen LogP contribution < -0.4 is 5.32 Å². The molecule has 0 spiro atoms. The molecule has 0 aliphatic heterocycles. The van der Waals surface area contributed by atoms with E-state index in [2.05, 4.69) is 15.6 Å². The number of aliphatic hydroxyl groups is 2. The van der Waals surface area contributed by atoms with Gasteiger partial charge < -0.3 is 15.5 Å². The third-order valence-electron chi connectivity index (χ3n) is 3.03. The van der Waals surface area contributed by atoms with E-state index in [0.717, 1.165) is 12.1 Å². The molecule has 0 aliphatic rings. The zero-order valence-electron chi connectivity index (χ0n) is 11.3. The molecule has 0 fully saturated rings. The third-order valence-corrected chi connectivity index (χ3v) is 3.03. The Balaban J connectivity index is 1.83. The van der Waals surface area contributed by atoms with Gasteiger partial charge in [0, 0.05) is 18.8 Å². The van der Waals surface area contributed by atoms with Crippen molar-refractivity contribution in [3.8, 4) is 0 Å².